The second-order valence-electron chi connectivity index (χ2n) is 11.4. The summed E-state index contributed by atoms with van der Waals surface area (Å²) in [6.07, 6.45) is 16.0. The van der Waals surface area contributed by atoms with Crippen molar-refractivity contribution in [2.24, 2.45) is 0 Å². The molecule has 0 fully saturated rings. The van der Waals surface area contributed by atoms with Crippen LogP contribution in [0.5, 0.6) is 0 Å². The molecule has 0 radical (unpaired) electrons. The number of allylic oxidation sites excluding steroid dienone is 5. The maximum atomic E-state index is 2.80. The Morgan fingerprint density at radius 2 is 1.48 bits per heavy atom. The van der Waals surface area contributed by atoms with Crippen LogP contribution in [0.25, 0.3) is 6.08 Å². The first-order valence-electron chi connectivity index (χ1n) is 12.8. The molecule has 3 aliphatic carbocycles. The molecule has 3 aliphatic rings. The zero-order valence-electron chi connectivity index (χ0n) is 21.5. The van der Waals surface area contributed by atoms with Crippen molar-refractivity contribution in [2.45, 2.75) is 109 Å². The molecule has 1 aromatic carbocycles. The number of hydrogen-bond acceptors (Lipinski definition) is 0. The fourth-order valence-electron chi connectivity index (χ4n) is 7.37. The van der Waals surface area contributed by atoms with E-state index in [4.69, 9.17) is 0 Å². The minimum atomic E-state index is -3.04. The summed E-state index contributed by atoms with van der Waals surface area (Å²) in [5.41, 5.74) is 13.1. The van der Waals surface area contributed by atoms with E-state index in [1.54, 1.807) is 44.5 Å². The van der Waals surface area contributed by atoms with Crippen LogP contribution in [0.4, 0.5) is 0 Å². The van der Waals surface area contributed by atoms with Gasteiger partial charge in [-0.3, -0.25) is 0 Å². The molecule has 168 valence electrons. The topological polar surface area (TPSA) is 0 Å². The van der Waals surface area contributed by atoms with Gasteiger partial charge in [-0.1, -0.05) is 0 Å². The molecule has 0 aromatic heterocycles. The standard InChI is InChI=1S/C18H23.C10H15.2CH3.Hf/c1-2-3-4-5-7-14-10-11-17-12-15-8-6-9-16(15)13-18(14)17;1-6-7(2)9(4)10(5)8(6)3;;;/h10-13H,2-9H2,1H3;1-5H3;2*1H3;. The molecule has 0 nitrogen and oxygen atoms in total. The molecule has 1 aromatic rings. The van der Waals surface area contributed by atoms with Crippen molar-refractivity contribution < 1.29 is 20.0 Å². The normalized spacial score (nSPS) is 24.4. The third-order valence-electron chi connectivity index (χ3n) is 10.3. The van der Waals surface area contributed by atoms with Crippen molar-refractivity contribution >= 4 is 6.08 Å². The summed E-state index contributed by atoms with van der Waals surface area (Å²) in [6.45, 7) is 14.7. The van der Waals surface area contributed by atoms with Crippen LogP contribution in [0.15, 0.2) is 40.5 Å². The summed E-state index contributed by atoms with van der Waals surface area (Å²) < 4.78 is 6.23. The van der Waals surface area contributed by atoms with Gasteiger partial charge in [-0.15, -0.1) is 0 Å². The van der Waals surface area contributed by atoms with E-state index < -0.39 is 20.0 Å². The third-order valence-corrected chi connectivity index (χ3v) is 32.4. The second kappa shape index (κ2) is 8.27. The van der Waals surface area contributed by atoms with E-state index >= 15 is 0 Å². The Morgan fingerprint density at radius 3 is 2.10 bits per heavy atom. The number of hydrogen-bond donors (Lipinski definition) is 0. The molecular weight excluding hydrogens is 539 g/mol. The Bertz CT molecular complexity index is 960. The molecule has 1 unspecified atom stereocenters. The van der Waals surface area contributed by atoms with Gasteiger partial charge in [0.1, 0.15) is 0 Å². The van der Waals surface area contributed by atoms with Crippen molar-refractivity contribution in [3.05, 3.63) is 62.8 Å². The number of benzene rings is 1. The Balaban J connectivity index is 1.88. The number of rotatable bonds is 7. The van der Waals surface area contributed by atoms with Crippen LogP contribution in [0, 0.1) is 0 Å². The summed E-state index contributed by atoms with van der Waals surface area (Å²) in [7, 11) is 0. The van der Waals surface area contributed by atoms with Crippen LogP contribution in [-0.2, 0) is 36.0 Å². The van der Waals surface area contributed by atoms with E-state index in [2.05, 4.69) is 75.2 Å². The first-order chi connectivity index (χ1) is 14.6. The van der Waals surface area contributed by atoms with E-state index in [-0.39, 0.29) is 0 Å². The van der Waals surface area contributed by atoms with Crippen LogP contribution in [-0.4, -0.2) is 0 Å². The van der Waals surface area contributed by atoms with E-state index in [9.17, 15) is 0 Å². The van der Waals surface area contributed by atoms with E-state index in [0.717, 1.165) is 0 Å². The van der Waals surface area contributed by atoms with Gasteiger partial charge in [0, 0.05) is 0 Å². The molecule has 1 atom stereocenters. The van der Waals surface area contributed by atoms with E-state index in [1.807, 2.05) is 0 Å². The second-order valence-corrected chi connectivity index (χ2v) is 29.9. The van der Waals surface area contributed by atoms with Gasteiger partial charge in [0.2, 0.25) is 0 Å². The van der Waals surface area contributed by atoms with Gasteiger partial charge in [0.25, 0.3) is 0 Å². The summed E-state index contributed by atoms with van der Waals surface area (Å²) in [6, 6.07) is 5.26. The fourth-order valence-corrected chi connectivity index (χ4v) is 26.5. The summed E-state index contributed by atoms with van der Waals surface area (Å²) >= 11 is -3.04. The summed E-state index contributed by atoms with van der Waals surface area (Å²) in [5, 5.41) is 0. The van der Waals surface area contributed by atoms with Gasteiger partial charge in [-0.25, -0.2) is 0 Å². The van der Waals surface area contributed by atoms with Gasteiger partial charge in [-0.05, 0) is 0 Å². The summed E-state index contributed by atoms with van der Waals surface area (Å²) in [5.74, 6) is 0. The molecule has 0 saturated carbocycles. The molecule has 0 amide bonds. The predicted octanol–water partition coefficient (Wildman–Crippen LogP) is 9.48. The van der Waals surface area contributed by atoms with Crippen LogP contribution in [0.1, 0.15) is 102 Å². The molecule has 0 saturated heterocycles. The van der Waals surface area contributed by atoms with Crippen molar-refractivity contribution in [1.82, 2.24) is 0 Å². The Labute approximate surface area is 196 Å². The predicted molar refractivity (Wildman–Crippen MR) is 135 cm³/mol. The molecule has 31 heavy (non-hydrogen) atoms. The third kappa shape index (κ3) is 3.23. The summed E-state index contributed by atoms with van der Waals surface area (Å²) in [4.78, 5) is 0. The molecular formula is C30H44Hf. The molecule has 0 bridgehead atoms. The SMILES string of the molecule is CCCCCC[C]1([Hf]([CH3])([CH3])[C]2(C)C(C)=C(C)C(C)=C2C)C=Cc2cc3c(cc21)CCC3. The van der Waals surface area contributed by atoms with Gasteiger partial charge in [0.05, 0.1) is 0 Å². The fraction of sp³-hybridized carbons (Fsp3) is 0.600. The van der Waals surface area contributed by atoms with Gasteiger partial charge in [0.15, 0.2) is 0 Å². The maximum absolute atomic E-state index is 3.04. The molecule has 4 rings (SSSR count). The van der Waals surface area contributed by atoms with Gasteiger partial charge >= 0.3 is 197 Å². The number of unbranched alkanes of at least 4 members (excludes halogenated alkanes) is 3. The zero-order chi connectivity index (χ0) is 22.6. The molecule has 0 spiro atoms. The average Bonchev–Trinajstić information content (AvgIpc) is 3.40. The molecule has 0 N–H and O–H groups in total. The quantitative estimate of drug-likeness (QED) is 0.222. The first-order valence-corrected chi connectivity index (χ1v) is 23.6. The Kier molecular flexibility index (Phi) is 6.26. The van der Waals surface area contributed by atoms with Gasteiger partial charge < -0.3 is 0 Å². The van der Waals surface area contributed by atoms with Crippen LogP contribution >= 0.6 is 0 Å². The van der Waals surface area contributed by atoms with Crippen LogP contribution in [0.2, 0.25) is 12.5 Å². The van der Waals surface area contributed by atoms with E-state index in [0.29, 0.717) is 6.34 Å². The number of fused-ring (bicyclic) bond motifs is 2. The van der Waals surface area contributed by atoms with E-state index in [1.165, 1.54) is 51.4 Å². The van der Waals surface area contributed by atoms with Crippen LogP contribution in [0.3, 0.4) is 0 Å². The monoisotopic (exact) mass is 584 g/mol. The minimum absolute atomic E-state index is 0.302. The van der Waals surface area contributed by atoms with Crippen molar-refractivity contribution in [3.63, 3.8) is 0 Å². The van der Waals surface area contributed by atoms with Crippen LogP contribution < -0.4 is 0 Å². The van der Waals surface area contributed by atoms with Crippen molar-refractivity contribution in [2.75, 3.05) is 0 Å². The Morgan fingerprint density at radius 1 is 0.871 bits per heavy atom. The van der Waals surface area contributed by atoms with Gasteiger partial charge in [-0.2, -0.15) is 0 Å². The molecule has 0 aliphatic heterocycles. The molecule has 0 heterocycles. The first kappa shape index (κ1) is 23.5. The Hall–Kier alpha value is -0.690. The average molecular weight is 583 g/mol. The number of aryl methyl sites for hydroxylation is 2. The van der Waals surface area contributed by atoms with Crippen molar-refractivity contribution in [3.8, 4) is 0 Å². The van der Waals surface area contributed by atoms with Crippen molar-refractivity contribution in [1.29, 1.82) is 0 Å². The zero-order valence-corrected chi connectivity index (χ0v) is 25.1. The molecule has 1 heteroatoms.